The quantitative estimate of drug-likeness (QED) is 0.873. The van der Waals surface area contributed by atoms with E-state index in [-0.39, 0.29) is 0 Å². The van der Waals surface area contributed by atoms with E-state index in [0.29, 0.717) is 0 Å². The van der Waals surface area contributed by atoms with Crippen LogP contribution in [-0.2, 0) is 6.42 Å². The van der Waals surface area contributed by atoms with E-state index in [4.69, 9.17) is 0 Å². The van der Waals surface area contributed by atoms with Gasteiger partial charge >= 0.3 is 0 Å². The second-order valence-electron chi connectivity index (χ2n) is 4.20. The van der Waals surface area contributed by atoms with Gasteiger partial charge in [-0.05, 0) is 30.5 Å². The summed E-state index contributed by atoms with van der Waals surface area (Å²) in [6.45, 7) is 5.38. The van der Waals surface area contributed by atoms with Crippen molar-refractivity contribution in [3.05, 3.63) is 36.2 Å². The molecule has 0 saturated heterocycles. The molecule has 0 aliphatic rings. The zero-order chi connectivity index (χ0) is 12.3. The highest BCUT2D eigenvalue weighted by Gasteiger charge is 2.07. The summed E-state index contributed by atoms with van der Waals surface area (Å²) in [6.07, 6.45) is 4.85. The van der Waals surface area contributed by atoms with Gasteiger partial charge in [-0.15, -0.1) is 0 Å². The van der Waals surface area contributed by atoms with Gasteiger partial charge in [0.1, 0.15) is 0 Å². The fourth-order valence-electron chi connectivity index (χ4n) is 1.98. The average Bonchev–Trinajstić information content (AvgIpc) is 2.91. The molecule has 2 aromatic rings. The molecule has 1 aromatic carbocycles. The largest absolute Gasteiger partial charge is 0.375 e. The number of aromatic nitrogens is 2. The molecule has 0 atom stereocenters. The van der Waals surface area contributed by atoms with Gasteiger partial charge in [0.25, 0.3) is 0 Å². The van der Waals surface area contributed by atoms with Crippen LogP contribution in [0.1, 0.15) is 19.4 Å². The second kappa shape index (κ2) is 5.04. The highest BCUT2D eigenvalue weighted by atomic mass is 15.1. The van der Waals surface area contributed by atoms with Crippen molar-refractivity contribution in [1.82, 2.24) is 10.2 Å². The van der Waals surface area contributed by atoms with Crippen LogP contribution < -0.4 is 4.90 Å². The molecular weight excluding hydrogens is 210 g/mol. The van der Waals surface area contributed by atoms with Crippen molar-refractivity contribution in [1.29, 1.82) is 0 Å². The molecule has 1 aromatic heterocycles. The lowest BCUT2D eigenvalue weighted by Gasteiger charge is -2.21. The van der Waals surface area contributed by atoms with Crippen molar-refractivity contribution < 1.29 is 0 Å². The highest BCUT2D eigenvalue weighted by molar-refractivity contribution is 5.69. The number of anilines is 1. The Balaban J connectivity index is 2.45. The predicted molar refractivity (Wildman–Crippen MR) is 72.3 cm³/mol. The topological polar surface area (TPSA) is 31.9 Å². The van der Waals surface area contributed by atoms with Crippen molar-refractivity contribution >= 4 is 5.69 Å². The first kappa shape index (κ1) is 11.7. The molecule has 0 bridgehead atoms. The van der Waals surface area contributed by atoms with E-state index in [2.05, 4.69) is 54.2 Å². The van der Waals surface area contributed by atoms with E-state index in [0.717, 1.165) is 18.5 Å². The summed E-state index contributed by atoms with van der Waals surface area (Å²) in [4.78, 5) is 2.28. The van der Waals surface area contributed by atoms with Crippen molar-refractivity contribution in [3.63, 3.8) is 0 Å². The van der Waals surface area contributed by atoms with Gasteiger partial charge in [-0.25, -0.2) is 0 Å². The van der Waals surface area contributed by atoms with Gasteiger partial charge in [0.15, 0.2) is 0 Å². The number of nitrogens with one attached hydrogen (secondary N) is 1. The van der Waals surface area contributed by atoms with Crippen molar-refractivity contribution in [2.24, 2.45) is 0 Å². The monoisotopic (exact) mass is 229 g/mol. The minimum Gasteiger partial charge on any atom is -0.375 e. The summed E-state index contributed by atoms with van der Waals surface area (Å²) in [7, 11) is 2.13. The van der Waals surface area contributed by atoms with E-state index in [1.165, 1.54) is 16.8 Å². The third-order valence-corrected chi connectivity index (χ3v) is 3.18. The molecule has 0 amide bonds. The molecule has 90 valence electrons. The van der Waals surface area contributed by atoms with E-state index in [1.807, 2.05) is 12.4 Å². The lowest BCUT2D eigenvalue weighted by Crippen LogP contribution is -2.17. The Morgan fingerprint density at radius 1 is 1.24 bits per heavy atom. The van der Waals surface area contributed by atoms with Gasteiger partial charge < -0.3 is 4.90 Å². The maximum atomic E-state index is 4.00. The van der Waals surface area contributed by atoms with Crippen molar-refractivity contribution in [2.45, 2.75) is 20.3 Å². The smallest absolute Gasteiger partial charge is 0.0565 e. The van der Waals surface area contributed by atoms with E-state index < -0.39 is 0 Å². The Bertz CT molecular complexity index is 474. The van der Waals surface area contributed by atoms with Crippen LogP contribution in [0.25, 0.3) is 11.1 Å². The molecule has 0 spiro atoms. The summed E-state index contributed by atoms with van der Waals surface area (Å²) in [5.74, 6) is 0. The maximum absolute atomic E-state index is 4.00. The number of hydrogen-bond donors (Lipinski definition) is 1. The van der Waals surface area contributed by atoms with E-state index >= 15 is 0 Å². The lowest BCUT2D eigenvalue weighted by molar-refractivity contribution is 0.949. The third kappa shape index (κ3) is 2.33. The first-order valence-corrected chi connectivity index (χ1v) is 6.09. The highest BCUT2D eigenvalue weighted by Crippen LogP contribution is 2.27. The summed E-state index contributed by atoms with van der Waals surface area (Å²) >= 11 is 0. The van der Waals surface area contributed by atoms with Crippen LogP contribution in [0.15, 0.2) is 30.6 Å². The molecule has 1 heterocycles. The predicted octanol–water partition coefficient (Wildman–Crippen LogP) is 3.10. The Morgan fingerprint density at radius 3 is 2.65 bits per heavy atom. The van der Waals surface area contributed by atoms with Crippen LogP contribution >= 0.6 is 0 Å². The van der Waals surface area contributed by atoms with E-state index in [9.17, 15) is 0 Å². The number of benzene rings is 1. The molecule has 0 fully saturated rings. The van der Waals surface area contributed by atoms with Gasteiger partial charge in [-0.3, -0.25) is 5.10 Å². The first-order chi connectivity index (χ1) is 8.26. The Morgan fingerprint density at radius 2 is 2.06 bits per heavy atom. The summed E-state index contributed by atoms with van der Waals surface area (Å²) in [5.41, 5.74) is 5.06. The number of aryl methyl sites for hydroxylation is 1. The normalized spacial score (nSPS) is 10.5. The molecule has 0 saturated carbocycles. The average molecular weight is 229 g/mol. The minimum atomic E-state index is 1.02. The van der Waals surface area contributed by atoms with Crippen LogP contribution in [-0.4, -0.2) is 23.8 Å². The number of nitrogens with zero attached hydrogens (tertiary/aromatic N) is 2. The Kier molecular flexibility index (Phi) is 3.47. The molecule has 0 aliphatic carbocycles. The summed E-state index contributed by atoms with van der Waals surface area (Å²) in [6, 6.07) is 6.62. The second-order valence-corrected chi connectivity index (χ2v) is 4.20. The molecule has 2 rings (SSSR count). The Hall–Kier alpha value is -1.77. The maximum Gasteiger partial charge on any atom is 0.0565 e. The minimum absolute atomic E-state index is 1.02. The molecule has 1 N–H and O–H groups in total. The van der Waals surface area contributed by atoms with Gasteiger partial charge in [0.2, 0.25) is 0 Å². The Labute approximate surface area is 102 Å². The van der Waals surface area contributed by atoms with Gasteiger partial charge in [-0.1, -0.05) is 19.1 Å². The summed E-state index contributed by atoms with van der Waals surface area (Å²) < 4.78 is 0. The fourth-order valence-corrected chi connectivity index (χ4v) is 1.98. The first-order valence-electron chi connectivity index (χ1n) is 6.09. The third-order valence-electron chi connectivity index (χ3n) is 3.18. The number of hydrogen-bond acceptors (Lipinski definition) is 2. The zero-order valence-electron chi connectivity index (χ0n) is 10.7. The zero-order valence-corrected chi connectivity index (χ0v) is 10.7. The number of rotatable bonds is 4. The molecular formula is C14H19N3. The van der Waals surface area contributed by atoms with Crippen LogP contribution in [0.2, 0.25) is 0 Å². The van der Waals surface area contributed by atoms with Crippen LogP contribution in [0, 0.1) is 0 Å². The van der Waals surface area contributed by atoms with E-state index in [1.54, 1.807) is 0 Å². The summed E-state index contributed by atoms with van der Waals surface area (Å²) in [5, 5.41) is 6.85. The lowest BCUT2D eigenvalue weighted by atomic mass is 10.0. The standard InChI is InChI=1S/C14H19N3/c1-4-11-6-7-12(13-9-15-16-10-13)8-14(11)17(3)5-2/h6-10H,4-5H2,1-3H3,(H,15,16). The molecule has 3 nitrogen and oxygen atoms in total. The molecule has 0 unspecified atom stereocenters. The fraction of sp³-hybridized carbons (Fsp3) is 0.357. The van der Waals surface area contributed by atoms with Gasteiger partial charge in [0.05, 0.1) is 6.20 Å². The molecule has 3 heteroatoms. The number of H-pyrrole nitrogens is 1. The van der Waals surface area contributed by atoms with Crippen LogP contribution in [0.4, 0.5) is 5.69 Å². The molecule has 0 radical (unpaired) electrons. The SMILES string of the molecule is CCc1ccc(-c2cn[nH]c2)cc1N(C)CC. The molecule has 0 aliphatic heterocycles. The molecule has 17 heavy (non-hydrogen) atoms. The van der Waals surface area contributed by atoms with Crippen molar-refractivity contribution in [2.75, 3.05) is 18.5 Å². The van der Waals surface area contributed by atoms with Crippen molar-refractivity contribution in [3.8, 4) is 11.1 Å². The van der Waals surface area contributed by atoms with Crippen LogP contribution in [0.3, 0.4) is 0 Å². The van der Waals surface area contributed by atoms with Gasteiger partial charge in [-0.2, -0.15) is 5.10 Å². The number of aromatic amines is 1. The van der Waals surface area contributed by atoms with Crippen LogP contribution in [0.5, 0.6) is 0 Å². The van der Waals surface area contributed by atoms with Gasteiger partial charge in [0, 0.05) is 31.0 Å².